The third-order valence-corrected chi connectivity index (χ3v) is 5.70. The summed E-state index contributed by atoms with van der Waals surface area (Å²) in [5, 5.41) is 2.15. The van der Waals surface area contributed by atoms with Crippen LogP contribution < -0.4 is 0 Å². The first-order valence-corrected chi connectivity index (χ1v) is 9.04. The maximum absolute atomic E-state index is 12.9. The topological polar surface area (TPSA) is 20.3 Å². The summed E-state index contributed by atoms with van der Waals surface area (Å²) in [6.07, 6.45) is 3.06. The fraction of sp³-hybridized carbons (Fsp3) is 0.421. The number of thiophene rings is 1. The lowest BCUT2D eigenvalue weighted by Gasteiger charge is -2.34. The minimum Gasteiger partial charge on any atom is -0.342 e. The molecule has 3 rings (SSSR count). The van der Waals surface area contributed by atoms with E-state index in [-0.39, 0.29) is 5.92 Å². The van der Waals surface area contributed by atoms with Gasteiger partial charge < -0.3 is 4.90 Å². The van der Waals surface area contributed by atoms with Crippen LogP contribution in [0.3, 0.4) is 0 Å². The van der Waals surface area contributed by atoms with E-state index in [4.69, 9.17) is 0 Å². The van der Waals surface area contributed by atoms with Crippen molar-refractivity contribution in [3.8, 4) is 0 Å². The van der Waals surface area contributed by atoms with Crippen molar-refractivity contribution < 1.29 is 4.79 Å². The summed E-state index contributed by atoms with van der Waals surface area (Å²) < 4.78 is 0. The van der Waals surface area contributed by atoms with Gasteiger partial charge in [-0.05, 0) is 42.2 Å². The van der Waals surface area contributed by atoms with Crippen molar-refractivity contribution in [1.82, 2.24) is 4.90 Å². The van der Waals surface area contributed by atoms with E-state index in [9.17, 15) is 4.79 Å². The number of benzene rings is 1. The van der Waals surface area contributed by atoms with Crippen LogP contribution in [0.25, 0.3) is 0 Å². The summed E-state index contributed by atoms with van der Waals surface area (Å²) in [4.78, 5) is 16.4. The SMILES string of the molecule is CCC(C(=O)N1CCC(c2cccs2)CC1)c1ccccc1. The molecule has 3 heteroatoms. The van der Waals surface area contributed by atoms with E-state index in [1.165, 1.54) is 4.88 Å². The fourth-order valence-corrected chi connectivity index (χ4v) is 4.27. The number of carbonyl (C=O) groups is 1. The molecule has 0 saturated carbocycles. The highest BCUT2D eigenvalue weighted by atomic mass is 32.1. The number of nitrogens with zero attached hydrogens (tertiary/aromatic N) is 1. The van der Waals surface area contributed by atoms with Gasteiger partial charge in [0.1, 0.15) is 0 Å². The molecule has 2 aromatic rings. The van der Waals surface area contributed by atoms with Crippen LogP contribution >= 0.6 is 11.3 Å². The molecule has 1 aliphatic heterocycles. The predicted octanol–water partition coefficient (Wildman–Crippen LogP) is 4.65. The lowest BCUT2D eigenvalue weighted by molar-refractivity contribution is -0.134. The molecular formula is C19H23NOS. The van der Waals surface area contributed by atoms with E-state index < -0.39 is 0 Å². The van der Waals surface area contributed by atoms with Crippen molar-refractivity contribution >= 4 is 17.2 Å². The maximum Gasteiger partial charge on any atom is 0.230 e. The molecule has 0 bridgehead atoms. The van der Waals surface area contributed by atoms with Crippen LogP contribution in [0.5, 0.6) is 0 Å². The van der Waals surface area contributed by atoms with Gasteiger partial charge in [0.05, 0.1) is 5.92 Å². The van der Waals surface area contributed by atoms with E-state index in [1.54, 1.807) is 0 Å². The van der Waals surface area contributed by atoms with Crippen molar-refractivity contribution in [2.75, 3.05) is 13.1 Å². The van der Waals surface area contributed by atoms with Gasteiger partial charge in [-0.25, -0.2) is 0 Å². The number of amides is 1. The van der Waals surface area contributed by atoms with Gasteiger partial charge in [0.15, 0.2) is 0 Å². The predicted molar refractivity (Wildman–Crippen MR) is 92.3 cm³/mol. The number of likely N-dealkylation sites (tertiary alicyclic amines) is 1. The summed E-state index contributed by atoms with van der Waals surface area (Å²) in [6, 6.07) is 14.6. The molecule has 1 aromatic carbocycles. The van der Waals surface area contributed by atoms with Gasteiger partial charge in [0, 0.05) is 18.0 Å². The fourth-order valence-electron chi connectivity index (χ4n) is 3.37. The monoisotopic (exact) mass is 313 g/mol. The first kappa shape index (κ1) is 15.3. The second kappa shape index (κ2) is 7.10. The molecule has 1 amide bonds. The minimum absolute atomic E-state index is 0.0134. The van der Waals surface area contributed by atoms with E-state index in [2.05, 4.69) is 41.5 Å². The molecule has 1 atom stereocenters. The Bertz CT molecular complexity index is 585. The van der Waals surface area contributed by atoms with Crippen molar-refractivity contribution in [3.63, 3.8) is 0 Å². The zero-order valence-corrected chi connectivity index (χ0v) is 13.9. The number of rotatable bonds is 4. The van der Waals surface area contributed by atoms with Gasteiger partial charge in [-0.15, -0.1) is 11.3 Å². The summed E-state index contributed by atoms with van der Waals surface area (Å²) in [6.45, 7) is 3.89. The van der Waals surface area contributed by atoms with Crippen LogP contribution in [0.4, 0.5) is 0 Å². The van der Waals surface area contributed by atoms with Crippen molar-refractivity contribution in [1.29, 1.82) is 0 Å². The van der Waals surface area contributed by atoms with Crippen LogP contribution in [0.15, 0.2) is 47.8 Å². The van der Waals surface area contributed by atoms with Crippen molar-refractivity contribution in [2.24, 2.45) is 0 Å². The summed E-state index contributed by atoms with van der Waals surface area (Å²) in [5.41, 5.74) is 1.15. The molecule has 0 N–H and O–H groups in total. The average Bonchev–Trinajstić information content (AvgIpc) is 3.11. The second-order valence-corrected chi connectivity index (χ2v) is 6.97. The second-order valence-electron chi connectivity index (χ2n) is 5.99. The van der Waals surface area contributed by atoms with Gasteiger partial charge in [-0.1, -0.05) is 43.3 Å². The quantitative estimate of drug-likeness (QED) is 0.804. The number of carbonyl (C=O) groups excluding carboxylic acids is 1. The highest BCUT2D eigenvalue weighted by Gasteiger charge is 2.28. The number of hydrogen-bond acceptors (Lipinski definition) is 2. The first-order chi connectivity index (χ1) is 10.8. The third kappa shape index (κ3) is 3.25. The zero-order chi connectivity index (χ0) is 15.4. The molecule has 0 spiro atoms. The minimum atomic E-state index is 0.0134. The smallest absolute Gasteiger partial charge is 0.230 e. The molecule has 1 fully saturated rings. The van der Waals surface area contributed by atoms with E-state index in [1.807, 2.05) is 29.5 Å². The Morgan fingerprint density at radius 3 is 2.50 bits per heavy atom. The molecular weight excluding hydrogens is 290 g/mol. The normalized spacial score (nSPS) is 17.4. The van der Waals surface area contributed by atoms with Gasteiger partial charge >= 0.3 is 0 Å². The largest absolute Gasteiger partial charge is 0.342 e. The lowest BCUT2D eigenvalue weighted by Crippen LogP contribution is -2.40. The standard InChI is InChI=1S/C19H23NOS/c1-2-17(15-7-4-3-5-8-15)19(21)20-12-10-16(11-13-20)18-9-6-14-22-18/h3-9,14,16-17H,2,10-13H2,1H3. The Labute approximate surface area is 136 Å². The molecule has 1 aliphatic rings. The van der Waals surface area contributed by atoms with Crippen LogP contribution in [0.2, 0.25) is 0 Å². The molecule has 0 radical (unpaired) electrons. The Kier molecular flexibility index (Phi) is 4.94. The zero-order valence-electron chi connectivity index (χ0n) is 13.1. The highest BCUT2D eigenvalue weighted by molar-refractivity contribution is 7.10. The van der Waals surface area contributed by atoms with Gasteiger partial charge in [-0.3, -0.25) is 4.79 Å². The molecule has 0 aliphatic carbocycles. The molecule has 2 nitrogen and oxygen atoms in total. The third-order valence-electron chi connectivity index (χ3n) is 4.66. The molecule has 1 saturated heterocycles. The Balaban J connectivity index is 1.64. The molecule has 116 valence electrons. The van der Waals surface area contributed by atoms with E-state index >= 15 is 0 Å². The number of hydrogen-bond donors (Lipinski definition) is 0. The molecule has 22 heavy (non-hydrogen) atoms. The summed E-state index contributed by atoms with van der Waals surface area (Å²) in [5.74, 6) is 0.957. The van der Waals surface area contributed by atoms with Crippen LogP contribution in [-0.2, 0) is 4.79 Å². The Morgan fingerprint density at radius 2 is 1.91 bits per heavy atom. The van der Waals surface area contributed by atoms with E-state index in [0.717, 1.165) is 37.9 Å². The van der Waals surface area contributed by atoms with Crippen molar-refractivity contribution in [3.05, 3.63) is 58.3 Å². The number of piperidine rings is 1. The van der Waals surface area contributed by atoms with Gasteiger partial charge in [0.25, 0.3) is 0 Å². The molecule has 1 unspecified atom stereocenters. The van der Waals surface area contributed by atoms with E-state index in [0.29, 0.717) is 11.8 Å². The first-order valence-electron chi connectivity index (χ1n) is 8.16. The van der Waals surface area contributed by atoms with Gasteiger partial charge in [0.2, 0.25) is 5.91 Å². The molecule has 1 aromatic heterocycles. The van der Waals surface area contributed by atoms with Crippen molar-refractivity contribution in [2.45, 2.75) is 38.0 Å². The summed E-state index contributed by atoms with van der Waals surface area (Å²) >= 11 is 1.84. The molecule has 2 heterocycles. The average molecular weight is 313 g/mol. The van der Waals surface area contributed by atoms with Crippen LogP contribution in [-0.4, -0.2) is 23.9 Å². The van der Waals surface area contributed by atoms with Crippen LogP contribution in [0.1, 0.15) is 48.5 Å². The summed E-state index contributed by atoms with van der Waals surface area (Å²) in [7, 11) is 0. The maximum atomic E-state index is 12.9. The van der Waals surface area contributed by atoms with Gasteiger partial charge in [-0.2, -0.15) is 0 Å². The van der Waals surface area contributed by atoms with Crippen LogP contribution in [0, 0.1) is 0 Å². The Hall–Kier alpha value is -1.61. The highest BCUT2D eigenvalue weighted by Crippen LogP contribution is 2.32. The Morgan fingerprint density at radius 1 is 1.18 bits per heavy atom. The lowest BCUT2D eigenvalue weighted by atomic mass is 9.91.